The summed E-state index contributed by atoms with van der Waals surface area (Å²) in [5.74, 6) is 0.856. The lowest BCUT2D eigenvalue weighted by atomic mass is 10.2. The Kier molecular flexibility index (Phi) is 1.72. The zero-order valence-electron chi connectivity index (χ0n) is 7.74. The van der Waals surface area contributed by atoms with Crippen molar-refractivity contribution >= 4 is 17.4 Å². The summed E-state index contributed by atoms with van der Waals surface area (Å²) in [6, 6.07) is 5.68. The van der Waals surface area contributed by atoms with Gasteiger partial charge in [0.1, 0.15) is 17.8 Å². The predicted octanol–water partition coefficient (Wildman–Crippen LogP) is 1.42. The van der Waals surface area contributed by atoms with Gasteiger partial charge >= 0.3 is 11.7 Å². The molecule has 1 aliphatic heterocycles. The summed E-state index contributed by atoms with van der Waals surface area (Å²) in [6.45, 7) is 3.79. The fourth-order valence-corrected chi connectivity index (χ4v) is 1.55. The minimum absolute atomic E-state index is 0.112. The second-order valence-corrected chi connectivity index (χ2v) is 3.28. The van der Waals surface area contributed by atoms with Gasteiger partial charge in [-0.15, -0.1) is 0 Å². The third kappa shape index (κ3) is 1.26. The molecule has 0 N–H and O–H groups in total. The Morgan fingerprint density at radius 3 is 2.92 bits per heavy atom. The van der Waals surface area contributed by atoms with E-state index in [0.29, 0.717) is 6.42 Å². The molecule has 66 valence electrons. The molecule has 0 radical (unpaired) electrons. The monoisotopic (exact) mass is 175 g/mol. The van der Waals surface area contributed by atoms with E-state index in [1.54, 1.807) is 4.57 Å². The first-order chi connectivity index (χ1) is 6.18. The van der Waals surface area contributed by atoms with Crippen LogP contribution in [0, 0.1) is 6.92 Å². The smallest absolute Gasteiger partial charge is 0.246 e. The van der Waals surface area contributed by atoms with Gasteiger partial charge in [-0.2, -0.15) is 4.57 Å². The number of nitrogens with zero attached hydrogens (tertiary/aromatic N) is 2. The first-order valence-corrected chi connectivity index (χ1v) is 4.27. The summed E-state index contributed by atoms with van der Waals surface area (Å²) in [5, 5.41) is 0. The fourth-order valence-electron chi connectivity index (χ4n) is 1.55. The molecule has 0 saturated carbocycles. The maximum Gasteiger partial charge on any atom is 0.330 e. The average molecular weight is 175 g/mol. The van der Waals surface area contributed by atoms with Crippen LogP contribution in [0.2, 0.25) is 0 Å². The van der Waals surface area contributed by atoms with E-state index in [1.165, 1.54) is 0 Å². The van der Waals surface area contributed by atoms with Crippen LogP contribution in [0.5, 0.6) is 0 Å². The van der Waals surface area contributed by atoms with E-state index in [2.05, 4.69) is 4.99 Å². The number of aromatic nitrogens is 1. The van der Waals surface area contributed by atoms with Crippen LogP contribution in [0.3, 0.4) is 0 Å². The molecule has 0 aliphatic carbocycles. The van der Waals surface area contributed by atoms with E-state index < -0.39 is 0 Å². The van der Waals surface area contributed by atoms with Crippen LogP contribution < -0.4 is 4.57 Å². The molecule has 2 heterocycles. The van der Waals surface area contributed by atoms with Crippen molar-refractivity contribution in [3.05, 3.63) is 23.9 Å². The molecule has 0 amide bonds. The molecule has 0 bridgehead atoms. The number of rotatable bonds is 0. The maximum atomic E-state index is 11.6. The molecule has 0 saturated heterocycles. The molecular formula is C10H11N2O+. The highest BCUT2D eigenvalue weighted by Crippen LogP contribution is 2.12. The predicted molar refractivity (Wildman–Crippen MR) is 49.4 cm³/mol. The van der Waals surface area contributed by atoms with Crippen molar-refractivity contribution in [2.45, 2.75) is 20.3 Å². The van der Waals surface area contributed by atoms with Gasteiger partial charge in [0.2, 0.25) is 0 Å². The van der Waals surface area contributed by atoms with Crippen LogP contribution in [0.25, 0.3) is 0 Å². The lowest BCUT2D eigenvalue weighted by Gasteiger charge is -2.06. The minimum Gasteiger partial charge on any atom is -0.246 e. The summed E-state index contributed by atoms with van der Waals surface area (Å²) < 4.78 is 1.66. The first-order valence-electron chi connectivity index (χ1n) is 4.27. The summed E-state index contributed by atoms with van der Waals surface area (Å²) in [6.07, 6.45) is 0.433. The standard InChI is InChI=1S/C10H11N2O/c1-7-6-10(13)12-8(2)4-3-5-9(12)11-7/h3-5H,6H2,1-2H3/q+1. The van der Waals surface area contributed by atoms with Crippen LogP contribution in [0.15, 0.2) is 23.2 Å². The van der Waals surface area contributed by atoms with Crippen LogP contribution in [0.4, 0.5) is 5.82 Å². The minimum atomic E-state index is 0.112. The molecule has 1 aromatic heterocycles. The molecule has 3 nitrogen and oxygen atoms in total. The second-order valence-electron chi connectivity index (χ2n) is 3.28. The first kappa shape index (κ1) is 8.10. The van der Waals surface area contributed by atoms with Crippen molar-refractivity contribution in [1.82, 2.24) is 0 Å². The normalized spacial score (nSPS) is 15.2. The molecule has 0 unspecified atom stereocenters. The van der Waals surface area contributed by atoms with Gasteiger partial charge < -0.3 is 0 Å². The maximum absolute atomic E-state index is 11.6. The lowest BCUT2D eigenvalue weighted by molar-refractivity contribution is -0.568. The van der Waals surface area contributed by atoms with Gasteiger partial charge in [0, 0.05) is 6.07 Å². The van der Waals surface area contributed by atoms with E-state index in [9.17, 15) is 4.79 Å². The third-order valence-corrected chi connectivity index (χ3v) is 2.13. The van der Waals surface area contributed by atoms with Gasteiger partial charge in [0.15, 0.2) is 0 Å². The molecule has 2 rings (SSSR count). The third-order valence-electron chi connectivity index (χ3n) is 2.13. The topological polar surface area (TPSA) is 33.3 Å². The SMILES string of the molecule is CC1=Nc2cccc(C)[n+]2C(=O)C1. The summed E-state index contributed by atoms with van der Waals surface area (Å²) in [5.41, 5.74) is 1.83. The number of carbonyl (C=O) groups is 1. The number of aryl methyl sites for hydroxylation is 1. The molecule has 0 fully saturated rings. The molecule has 0 atom stereocenters. The van der Waals surface area contributed by atoms with Crippen molar-refractivity contribution in [3.63, 3.8) is 0 Å². The summed E-state index contributed by atoms with van der Waals surface area (Å²) >= 11 is 0. The Morgan fingerprint density at radius 1 is 1.38 bits per heavy atom. The van der Waals surface area contributed by atoms with Crippen LogP contribution in [0.1, 0.15) is 23.8 Å². The number of carbonyl (C=O) groups excluding carboxylic acids is 1. The zero-order valence-corrected chi connectivity index (χ0v) is 7.74. The Hall–Kier alpha value is -1.51. The zero-order chi connectivity index (χ0) is 9.42. The van der Waals surface area contributed by atoms with E-state index in [0.717, 1.165) is 17.2 Å². The Labute approximate surface area is 76.7 Å². The molecule has 0 aromatic carbocycles. The van der Waals surface area contributed by atoms with Crippen molar-refractivity contribution in [1.29, 1.82) is 0 Å². The summed E-state index contributed by atoms with van der Waals surface area (Å²) in [7, 11) is 0. The molecule has 1 aliphatic rings. The van der Waals surface area contributed by atoms with E-state index >= 15 is 0 Å². The number of aliphatic imine (C=N–C) groups is 1. The van der Waals surface area contributed by atoms with Gasteiger partial charge in [0.25, 0.3) is 0 Å². The molecule has 3 heteroatoms. The highest BCUT2D eigenvalue weighted by molar-refractivity contribution is 5.99. The lowest BCUT2D eigenvalue weighted by Crippen LogP contribution is -2.48. The Morgan fingerprint density at radius 2 is 2.15 bits per heavy atom. The number of hydrogen-bond donors (Lipinski definition) is 0. The Balaban J connectivity index is 2.69. The average Bonchev–Trinajstić information content (AvgIpc) is 2.02. The van der Waals surface area contributed by atoms with Gasteiger partial charge in [0.05, 0.1) is 0 Å². The van der Waals surface area contributed by atoms with Crippen LogP contribution in [-0.2, 0) is 0 Å². The van der Waals surface area contributed by atoms with E-state index in [1.807, 2.05) is 32.0 Å². The highest BCUT2D eigenvalue weighted by Gasteiger charge is 2.26. The largest absolute Gasteiger partial charge is 0.330 e. The van der Waals surface area contributed by atoms with Gasteiger partial charge in [-0.1, -0.05) is 11.1 Å². The molecule has 13 heavy (non-hydrogen) atoms. The van der Waals surface area contributed by atoms with Gasteiger partial charge in [-0.25, -0.2) is 4.79 Å². The second kappa shape index (κ2) is 2.76. The van der Waals surface area contributed by atoms with Crippen molar-refractivity contribution in [3.8, 4) is 0 Å². The van der Waals surface area contributed by atoms with Gasteiger partial charge in [-0.05, 0) is 19.9 Å². The van der Waals surface area contributed by atoms with E-state index in [4.69, 9.17) is 0 Å². The summed E-state index contributed by atoms with van der Waals surface area (Å²) in [4.78, 5) is 15.9. The Bertz CT molecular complexity index is 407. The fraction of sp³-hybridized carbons (Fsp3) is 0.300. The molecular weight excluding hydrogens is 164 g/mol. The highest BCUT2D eigenvalue weighted by atomic mass is 16.2. The quantitative estimate of drug-likeness (QED) is 0.549. The van der Waals surface area contributed by atoms with Gasteiger partial charge in [-0.3, -0.25) is 0 Å². The molecule has 1 aromatic rings. The van der Waals surface area contributed by atoms with Crippen molar-refractivity contribution < 1.29 is 9.36 Å². The number of fused-ring (bicyclic) bond motifs is 1. The molecule has 0 spiro atoms. The number of pyridine rings is 1. The van der Waals surface area contributed by atoms with E-state index in [-0.39, 0.29) is 5.91 Å². The van der Waals surface area contributed by atoms with Crippen molar-refractivity contribution in [2.24, 2.45) is 4.99 Å². The van der Waals surface area contributed by atoms with Crippen LogP contribution in [-0.4, -0.2) is 11.6 Å². The number of hydrogen-bond acceptors (Lipinski definition) is 2. The van der Waals surface area contributed by atoms with Crippen LogP contribution >= 0.6 is 0 Å². The van der Waals surface area contributed by atoms with Crippen molar-refractivity contribution in [2.75, 3.05) is 0 Å².